The molecule has 0 unspecified atom stereocenters. The zero-order valence-corrected chi connectivity index (χ0v) is 22.7. The summed E-state index contributed by atoms with van der Waals surface area (Å²) in [6.45, 7) is 13.1. The smallest absolute Gasteiger partial charge is 0.338 e. The molecule has 0 aromatic heterocycles. The topological polar surface area (TPSA) is 94.2 Å². The van der Waals surface area contributed by atoms with E-state index in [1.807, 2.05) is 44.7 Å². The Morgan fingerprint density at radius 1 is 1.11 bits per heavy atom. The van der Waals surface area contributed by atoms with Crippen LogP contribution in [0.2, 0.25) is 5.02 Å². The van der Waals surface area contributed by atoms with Gasteiger partial charge in [-0.3, -0.25) is 9.80 Å². The monoisotopic (exact) mass is 519 g/mol. The lowest BCUT2D eigenvalue weighted by Crippen LogP contribution is -2.51. The summed E-state index contributed by atoms with van der Waals surface area (Å²) in [5.74, 6) is -0.452. The molecule has 1 aromatic carbocycles. The van der Waals surface area contributed by atoms with Gasteiger partial charge in [0.2, 0.25) is 0 Å². The highest BCUT2D eigenvalue weighted by Gasteiger charge is 2.38. The Labute approximate surface area is 218 Å². The van der Waals surface area contributed by atoms with E-state index in [0.717, 1.165) is 18.5 Å². The van der Waals surface area contributed by atoms with E-state index in [9.17, 15) is 14.4 Å². The molecule has 1 atom stereocenters. The van der Waals surface area contributed by atoms with E-state index in [-0.39, 0.29) is 24.2 Å². The summed E-state index contributed by atoms with van der Waals surface area (Å²) in [5, 5.41) is 6.57. The number of carbonyl (C=O) groups excluding carboxylic acids is 3. The highest BCUT2D eigenvalue weighted by Crippen LogP contribution is 2.32. The van der Waals surface area contributed by atoms with Crippen LogP contribution in [0.1, 0.15) is 52.6 Å². The van der Waals surface area contributed by atoms with E-state index >= 15 is 0 Å². The van der Waals surface area contributed by atoms with Crippen molar-refractivity contribution in [1.82, 2.24) is 25.3 Å². The van der Waals surface area contributed by atoms with Gasteiger partial charge in [0.05, 0.1) is 18.2 Å². The summed E-state index contributed by atoms with van der Waals surface area (Å²) >= 11 is 6.08. The van der Waals surface area contributed by atoms with E-state index in [0.29, 0.717) is 49.0 Å². The minimum Gasteiger partial charge on any atom is -0.463 e. The van der Waals surface area contributed by atoms with Crippen molar-refractivity contribution in [2.24, 2.45) is 0 Å². The van der Waals surface area contributed by atoms with Crippen LogP contribution in [0.4, 0.5) is 9.59 Å². The van der Waals surface area contributed by atoms with Crippen molar-refractivity contribution in [2.75, 3.05) is 45.9 Å². The largest absolute Gasteiger partial charge is 0.463 e. The molecule has 0 radical (unpaired) electrons. The van der Waals surface area contributed by atoms with Crippen molar-refractivity contribution in [3.05, 3.63) is 46.1 Å². The molecule has 2 heterocycles. The van der Waals surface area contributed by atoms with Gasteiger partial charge in [-0.05, 0) is 58.7 Å². The number of urea groups is 2. The maximum Gasteiger partial charge on any atom is 0.338 e. The van der Waals surface area contributed by atoms with Crippen molar-refractivity contribution in [3.8, 4) is 0 Å². The van der Waals surface area contributed by atoms with Gasteiger partial charge >= 0.3 is 18.0 Å². The number of halogens is 1. The van der Waals surface area contributed by atoms with E-state index in [1.165, 1.54) is 0 Å². The molecule has 1 saturated heterocycles. The average Bonchev–Trinajstić information content (AvgIpc) is 3.04. The molecule has 0 saturated carbocycles. The van der Waals surface area contributed by atoms with Crippen LogP contribution in [0.15, 0.2) is 35.5 Å². The van der Waals surface area contributed by atoms with E-state index < -0.39 is 12.0 Å². The first kappa shape index (κ1) is 27.8. The van der Waals surface area contributed by atoms with Crippen molar-refractivity contribution in [3.63, 3.8) is 0 Å². The van der Waals surface area contributed by atoms with Crippen molar-refractivity contribution < 1.29 is 19.1 Å². The molecule has 1 fully saturated rings. The maximum absolute atomic E-state index is 13.2. The fraction of sp³-hybridized carbons (Fsp3) is 0.577. The molecule has 36 heavy (non-hydrogen) atoms. The van der Waals surface area contributed by atoms with E-state index in [1.54, 1.807) is 24.0 Å². The lowest BCUT2D eigenvalue weighted by molar-refractivity contribution is -0.139. The van der Waals surface area contributed by atoms with Crippen molar-refractivity contribution >= 4 is 29.6 Å². The van der Waals surface area contributed by atoms with Crippen LogP contribution in [-0.2, 0) is 9.53 Å². The van der Waals surface area contributed by atoms with Gasteiger partial charge in [0.15, 0.2) is 0 Å². The number of nitrogens with zero attached hydrogens (tertiary/aromatic N) is 3. The van der Waals surface area contributed by atoms with Crippen LogP contribution < -0.4 is 10.6 Å². The first-order valence-electron chi connectivity index (χ1n) is 12.6. The molecule has 4 amide bonds. The Morgan fingerprint density at radius 2 is 1.81 bits per heavy atom. The fourth-order valence-electron chi connectivity index (χ4n) is 4.51. The molecule has 2 aliphatic heterocycles. The van der Waals surface area contributed by atoms with Gasteiger partial charge < -0.3 is 20.3 Å². The Morgan fingerprint density at radius 3 is 2.42 bits per heavy atom. The Balaban J connectivity index is 1.91. The molecule has 9 nitrogen and oxygen atoms in total. The number of benzene rings is 1. The summed E-state index contributed by atoms with van der Waals surface area (Å²) in [4.78, 5) is 44.7. The van der Waals surface area contributed by atoms with Crippen molar-refractivity contribution in [2.45, 2.75) is 52.6 Å². The molecule has 1 aromatic rings. The van der Waals surface area contributed by atoms with E-state index in [2.05, 4.69) is 15.5 Å². The molecular weight excluding hydrogens is 482 g/mol. The van der Waals surface area contributed by atoms with Gasteiger partial charge in [0, 0.05) is 55.5 Å². The summed E-state index contributed by atoms with van der Waals surface area (Å²) in [5.41, 5.74) is 1.50. The molecule has 0 bridgehead atoms. The highest BCUT2D eigenvalue weighted by atomic mass is 35.5. The predicted molar refractivity (Wildman–Crippen MR) is 140 cm³/mol. The second kappa shape index (κ2) is 12.0. The Kier molecular flexibility index (Phi) is 9.24. The highest BCUT2D eigenvalue weighted by molar-refractivity contribution is 6.30. The van der Waals surface area contributed by atoms with Gasteiger partial charge in [-0.15, -0.1) is 0 Å². The molecular formula is C26H38ClN5O4. The zero-order valence-electron chi connectivity index (χ0n) is 21.9. The summed E-state index contributed by atoms with van der Waals surface area (Å²) < 4.78 is 5.44. The molecule has 3 rings (SSSR count). The van der Waals surface area contributed by atoms with Gasteiger partial charge in [-0.25, -0.2) is 14.4 Å². The van der Waals surface area contributed by atoms with Crippen molar-refractivity contribution in [1.29, 1.82) is 0 Å². The van der Waals surface area contributed by atoms with Crippen LogP contribution in [0.5, 0.6) is 0 Å². The molecule has 198 valence electrons. The molecule has 10 heteroatoms. The SMILES string of the molecule is CCOC(=O)C1=C(CN2CCCN(C(=O)NC(C)(C)C)CC2)N(CC)C(=O)N[C@@H]1c1ccc(Cl)cc1. The number of likely N-dealkylation sites (N-methyl/N-ethyl adjacent to an activating group) is 1. The normalized spacial score (nSPS) is 19.6. The minimum absolute atomic E-state index is 0.0780. The van der Waals surface area contributed by atoms with Crippen LogP contribution in [0.25, 0.3) is 0 Å². The van der Waals surface area contributed by atoms with Gasteiger partial charge in [0.25, 0.3) is 0 Å². The third-order valence-electron chi connectivity index (χ3n) is 6.18. The summed E-state index contributed by atoms with van der Waals surface area (Å²) in [6, 6.07) is 6.11. The van der Waals surface area contributed by atoms with Gasteiger partial charge in [-0.2, -0.15) is 0 Å². The van der Waals surface area contributed by atoms with Gasteiger partial charge in [0.1, 0.15) is 0 Å². The Hall–Kier alpha value is -2.78. The molecule has 0 aliphatic carbocycles. The number of ether oxygens (including phenoxy) is 1. The number of amides is 4. The number of hydrogen-bond donors (Lipinski definition) is 2. The first-order chi connectivity index (χ1) is 17.0. The first-order valence-corrected chi connectivity index (χ1v) is 12.9. The summed E-state index contributed by atoms with van der Waals surface area (Å²) in [7, 11) is 0. The number of rotatable bonds is 6. The van der Waals surface area contributed by atoms with Gasteiger partial charge in [-0.1, -0.05) is 23.7 Å². The average molecular weight is 520 g/mol. The predicted octanol–water partition coefficient (Wildman–Crippen LogP) is 3.76. The van der Waals surface area contributed by atoms with Crippen LogP contribution >= 0.6 is 11.6 Å². The number of hydrogen-bond acceptors (Lipinski definition) is 5. The van der Waals surface area contributed by atoms with Crippen LogP contribution in [0, 0.1) is 0 Å². The van der Waals surface area contributed by atoms with Crippen LogP contribution in [-0.4, -0.2) is 84.1 Å². The molecule has 2 N–H and O–H groups in total. The standard InChI is InChI=1S/C26H38ClN5O4/c1-6-32-20(17-30-13-8-14-31(16-15-30)25(35)29-26(3,4)5)21(23(33)36-7-2)22(28-24(32)34)18-9-11-19(27)12-10-18/h9-12,22H,6-8,13-17H2,1-5H3,(H,28,34)(H,29,35)/t22-/m1/s1. The lowest BCUT2D eigenvalue weighted by atomic mass is 9.94. The Bertz CT molecular complexity index is 989. The number of esters is 1. The molecule has 0 spiro atoms. The second-order valence-corrected chi connectivity index (χ2v) is 10.5. The lowest BCUT2D eigenvalue weighted by Gasteiger charge is -2.38. The zero-order chi connectivity index (χ0) is 26.5. The summed E-state index contributed by atoms with van der Waals surface area (Å²) in [6.07, 6.45) is 0.790. The third-order valence-corrected chi connectivity index (χ3v) is 6.44. The third kappa shape index (κ3) is 6.91. The van der Waals surface area contributed by atoms with Crippen LogP contribution in [0.3, 0.4) is 0 Å². The second-order valence-electron chi connectivity index (χ2n) is 10.1. The fourth-order valence-corrected chi connectivity index (χ4v) is 4.63. The number of carbonyl (C=O) groups is 3. The quantitative estimate of drug-likeness (QED) is 0.558. The number of nitrogens with one attached hydrogen (secondary N) is 2. The molecule has 2 aliphatic rings. The maximum atomic E-state index is 13.2. The minimum atomic E-state index is -0.646. The van der Waals surface area contributed by atoms with E-state index in [4.69, 9.17) is 16.3 Å².